The number of nitrogens with zero attached hydrogens (tertiary/aromatic N) is 2. The van der Waals surface area contributed by atoms with Gasteiger partial charge in [-0.3, -0.25) is 9.59 Å². The summed E-state index contributed by atoms with van der Waals surface area (Å²) in [7, 11) is 0. The summed E-state index contributed by atoms with van der Waals surface area (Å²) in [4.78, 5) is 29.0. The molecule has 0 bridgehead atoms. The van der Waals surface area contributed by atoms with Crippen molar-refractivity contribution in [3.63, 3.8) is 0 Å². The minimum atomic E-state index is 0.117. The molecular formula is C20H37N3O2. The number of likely N-dealkylation sites (tertiary alicyclic amines) is 2. The summed E-state index contributed by atoms with van der Waals surface area (Å²) in [5.41, 5.74) is 0. The lowest BCUT2D eigenvalue weighted by Gasteiger charge is -2.34. The summed E-state index contributed by atoms with van der Waals surface area (Å²) < 4.78 is 0. The molecule has 1 N–H and O–H groups in total. The topological polar surface area (TPSA) is 52.7 Å². The van der Waals surface area contributed by atoms with Crippen LogP contribution in [0.3, 0.4) is 0 Å². The quantitative estimate of drug-likeness (QED) is 0.800. The molecule has 0 aromatic rings. The highest BCUT2D eigenvalue weighted by molar-refractivity contribution is 5.80. The fourth-order valence-corrected chi connectivity index (χ4v) is 4.09. The summed E-state index contributed by atoms with van der Waals surface area (Å²) in [6, 6.07) is 0.557. The molecule has 0 saturated carbocycles. The zero-order valence-electron chi connectivity index (χ0n) is 16.6. The Morgan fingerprint density at radius 3 is 2.08 bits per heavy atom. The number of carbonyl (C=O) groups excluding carboxylic acids is 2. The molecule has 5 nitrogen and oxygen atoms in total. The third-order valence-corrected chi connectivity index (χ3v) is 6.10. The maximum absolute atomic E-state index is 12.3. The Morgan fingerprint density at radius 1 is 0.960 bits per heavy atom. The highest BCUT2D eigenvalue weighted by Gasteiger charge is 2.27. The molecule has 0 aromatic heterocycles. The Morgan fingerprint density at radius 2 is 1.56 bits per heavy atom. The molecule has 144 valence electrons. The summed E-state index contributed by atoms with van der Waals surface area (Å²) >= 11 is 0. The Labute approximate surface area is 153 Å². The maximum atomic E-state index is 12.3. The van der Waals surface area contributed by atoms with E-state index in [0.29, 0.717) is 24.9 Å². The third-order valence-electron chi connectivity index (χ3n) is 6.10. The van der Waals surface area contributed by atoms with E-state index in [1.165, 1.54) is 0 Å². The van der Waals surface area contributed by atoms with Crippen molar-refractivity contribution in [1.82, 2.24) is 15.1 Å². The molecule has 0 radical (unpaired) electrons. The first kappa shape index (κ1) is 20.2. The first-order valence-corrected chi connectivity index (χ1v) is 10.2. The van der Waals surface area contributed by atoms with Crippen LogP contribution in [0.2, 0.25) is 0 Å². The minimum absolute atomic E-state index is 0.117. The SMILES string of the molecule is CC(C)C1CCN(C(=O)CCNC(=O)C2CCN(C(C)C)CC2)CC1. The van der Waals surface area contributed by atoms with Gasteiger partial charge in [0.05, 0.1) is 0 Å². The summed E-state index contributed by atoms with van der Waals surface area (Å²) in [5.74, 6) is 1.90. The van der Waals surface area contributed by atoms with E-state index in [-0.39, 0.29) is 17.7 Å². The molecule has 2 fully saturated rings. The summed E-state index contributed by atoms with van der Waals surface area (Å²) in [6.07, 6.45) is 4.53. The van der Waals surface area contributed by atoms with Crippen LogP contribution in [-0.4, -0.2) is 60.4 Å². The largest absolute Gasteiger partial charge is 0.355 e. The number of carbonyl (C=O) groups is 2. The zero-order chi connectivity index (χ0) is 18.4. The lowest BCUT2D eigenvalue weighted by molar-refractivity contribution is -0.133. The average molecular weight is 352 g/mol. The number of amides is 2. The molecule has 2 saturated heterocycles. The van der Waals surface area contributed by atoms with E-state index < -0.39 is 0 Å². The van der Waals surface area contributed by atoms with Crippen LogP contribution in [0.15, 0.2) is 0 Å². The van der Waals surface area contributed by atoms with Gasteiger partial charge in [-0.05, 0) is 64.5 Å². The molecule has 0 spiro atoms. The second-order valence-corrected chi connectivity index (χ2v) is 8.41. The maximum Gasteiger partial charge on any atom is 0.224 e. The first-order chi connectivity index (χ1) is 11.9. The second-order valence-electron chi connectivity index (χ2n) is 8.41. The Balaban J connectivity index is 1.62. The third kappa shape index (κ3) is 5.98. The van der Waals surface area contributed by atoms with E-state index in [9.17, 15) is 9.59 Å². The molecular weight excluding hydrogens is 314 g/mol. The van der Waals surface area contributed by atoms with Gasteiger partial charge < -0.3 is 15.1 Å². The van der Waals surface area contributed by atoms with Gasteiger partial charge in [-0.15, -0.1) is 0 Å². The molecule has 0 aromatic carbocycles. The average Bonchev–Trinajstić information content (AvgIpc) is 2.61. The van der Waals surface area contributed by atoms with E-state index in [2.05, 4.69) is 37.9 Å². The van der Waals surface area contributed by atoms with Crippen molar-refractivity contribution in [2.45, 2.75) is 65.8 Å². The van der Waals surface area contributed by atoms with Gasteiger partial charge in [0, 0.05) is 38.0 Å². The van der Waals surface area contributed by atoms with E-state index in [0.717, 1.165) is 57.8 Å². The molecule has 2 aliphatic heterocycles. The van der Waals surface area contributed by atoms with Crippen molar-refractivity contribution in [2.24, 2.45) is 17.8 Å². The molecule has 25 heavy (non-hydrogen) atoms. The van der Waals surface area contributed by atoms with Crippen molar-refractivity contribution < 1.29 is 9.59 Å². The number of hydrogen-bond acceptors (Lipinski definition) is 3. The normalized spacial score (nSPS) is 21.1. The Hall–Kier alpha value is -1.10. The van der Waals surface area contributed by atoms with E-state index in [4.69, 9.17) is 0 Å². The van der Waals surface area contributed by atoms with Crippen LogP contribution in [0.4, 0.5) is 0 Å². The lowest BCUT2D eigenvalue weighted by atomic mass is 9.86. The number of nitrogens with one attached hydrogen (secondary N) is 1. The van der Waals surface area contributed by atoms with Crippen molar-refractivity contribution >= 4 is 11.8 Å². The molecule has 2 amide bonds. The molecule has 0 atom stereocenters. The van der Waals surface area contributed by atoms with Gasteiger partial charge in [-0.25, -0.2) is 0 Å². The van der Waals surface area contributed by atoms with Crippen LogP contribution in [0.5, 0.6) is 0 Å². The van der Waals surface area contributed by atoms with Gasteiger partial charge in [0.1, 0.15) is 0 Å². The predicted octanol–water partition coefficient (Wildman–Crippen LogP) is 2.51. The number of rotatable bonds is 6. The van der Waals surface area contributed by atoms with Gasteiger partial charge in [-0.2, -0.15) is 0 Å². The van der Waals surface area contributed by atoms with Crippen LogP contribution in [0.1, 0.15) is 59.8 Å². The number of piperidine rings is 2. The van der Waals surface area contributed by atoms with Gasteiger partial charge in [0.25, 0.3) is 0 Å². The minimum Gasteiger partial charge on any atom is -0.355 e. The summed E-state index contributed by atoms with van der Waals surface area (Å²) in [5, 5.41) is 2.99. The highest BCUT2D eigenvalue weighted by atomic mass is 16.2. The smallest absolute Gasteiger partial charge is 0.224 e. The van der Waals surface area contributed by atoms with Crippen molar-refractivity contribution in [2.75, 3.05) is 32.7 Å². The zero-order valence-corrected chi connectivity index (χ0v) is 16.6. The van der Waals surface area contributed by atoms with Gasteiger partial charge in [-0.1, -0.05) is 13.8 Å². The molecule has 0 aliphatic carbocycles. The van der Waals surface area contributed by atoms with Crippen LogP contribution >= 0.6 is 0 Å². The predicted molar refractivity (Wildman–Crippen MR) is 101 cm³/mol. The fourth-order valence-electron chi connectivity index (χ4n) is 4.09. The number of hydrogen-bond donors (Lipinski definition) is 1. The lowest BCUT2D eigenvalue weighted by Crippen LogP contribution is -2.44. The standard InChI is InChI=1S/C20H37N3O2/c1-15(2)17-6-13-23(14-7-17)19(24)5-10-21-20(25)18-8-11-22(12-9-18)16(3)4/h15-18H,5-14H2,1-4H3,(H,21,25). The van der Waals surface area contributed by atoms with Crippen molar-refractivity contribution in [3.8, 4) is 0 Å². The van der Waals surface area contributed by atoms with E-state index >= 15 is 0 Å². The van der Waals surface area contributed by atoms with Crippen LogP contribution in [0.25, 0.3) is 0 Å². The molecule has 2 heterocycles. The van der Waals surface area contributed by atoms with Crippen molar-refractivity contribution in [1.29, 1.82) is 0 Å². The van der Waals surface area contributed by atoms with Gasteiger partial charge in [0.2, 0.25) is 11.8 Å². The first-order valence-electron chi connectivity index (χ1n) is 10.2. The monoisotopic (exact) mass is 351 g/mol. The van der Waals surface area contributed by atoms with Crippen molar-refractivity contribution in [3.05, 3.63) is 0 Å². The molecule has 5 heteroatoms. The van der Waals surface area contributed by atoms with Crippen LogP contribution < -0.4 is 5.32 Å². The molecule has 0 unspecified atom stereocenters. The molecule has 2 aliphatic rings. The fraction of sp³-hybridized carbons (Fsp3) is 0.900. The Bertz CT molecular complexity index is 394. The highest BCUT2D eigenvalue weighted by Crippen LogP contribution is 2.24. The van der Waals surface area contributed by atoms with Crippen LogP contribution in [-0.2, 0) is 9.59 Å². The summed E-state index contributed by atoms with van der Waals surface area (Å²) in [6.45, 7) is 13.2. The van der Waals surface area contributed by atoms with Crippen LogP contribution in [0, 0.1) is 17.8 Å². The molecule has 2 rings (SSSR count). The van der Waals surface area contributed by atoms with Gasteiger partial charge >= 0.3 is 0 Å². The van der Waals surface area contributed by atoms with E-state index in [1.807, 2.05) is 4.90 Å². The second kappa shape index (κ2) is 9.56. The van der Waals surface area contributed by atoms with Gasteiger partial charge in [0.15, 0.2) is 0 Å². The Kier molecular flexibility index (Phi) is 7.73. The van der Waals surface area contributed by atoms with E-state index in [1.54, 1.807) is 0 Å².